The zero-order chi connectivity index (χ0) is 13.7. The Hall–Kier alpha value is -0.320. The minimum Gasteiger partial charge on any atom is -0.394 e. The van der Waals surface area contributed by atoms with Gasteiger partial charge in [-0.05, 0) is 6.92 Å². The van der Waals surface area contributed by atoms with Crippen LogP contribution in [0, 0.1) is 0 Å². The average molecular weight is 256 g/mol. The Labute approximate surface area is 98.0 Å². The fourth-order valence-corrected chi connectivity index (χ4v) is 1.23. The van der Waals surface area contributed by atoms with Gasteiger partial charge >= 0.3 is 0 Å². The van der Waals surface area contributed by atoms with Gasteiger partial charge in [0, 0.05) is 0 Å². The molecule has 0 saturated carbocycles. The van der Waals surface area contributed by atoms with E-state index >= 15 is 0 Å². The van der Waals surface area contributed by atoms with E-state index in [1.807, 2.05) is 0 Å². The lowest BCUT2D eigenvalue weighted by Gasteiger charge is -2.31. The summed E-state index contributed by atoms with van der Waals surface area (Å²) >= 11 is 0. The standard InChI is InChI=1S/C9H20O8/c1-3(11)5(13)7(15)9(17)8(16)6(14)4(12)2-10/h3-17H,2H2,1H3/t3-,4?,5?,6?,7?,8?,9?/m1/s1. The van der Waals surface area contributed by atoms with E-state index in [0.717, 1.165) is 6.92 Å². The topological polar surface area (TPSA) is 162 Å². The second-order valence-electron chi connectivity index (χ2n) is 3.94. The fourth-order valence-electron chi connectivity index (χ4n) is 1.23. The third-order valence-electron chi connectivity index (χ3n) is 2.48. The minimum absolute atomic E-state index is 0.847. The van der Waals surface area contributed by atoms with Gasteiger partial charge in [0.2, 0.25) is 0 Å². The molecule has 8 N–H and O–H groups in total. The maximum atomic E-state index is 9.40. The molecule has 6 unspecified atom stereocenters. The summed E-state index contributed by atoms with van der Waals surface area (Å²) in [6, 6.07) is 0. The highest BCUT2D eigenvalue weighted by molar-refractivity contribution is 4.88. The van der Waals surface area contributed by atoms with Gasteiger partial charge in [0.25, 0.3) is 0 Å². The maximum Gasteiger partial charge on any atom is 0.111 e. The van der Waals surface area contributed by atoms with Gasteiger partial charge in [-0.2, -0.15) is 0 Å². The number of aliphatic hydroxyl groups excluding tert-OH is 8. The lowest BCUT2D eigenvalue weighted by Crippen LogP contribution is -2.54. The first-order chi connectivity index (χ1) is 7.73. The molecule has 8 nitrogen and oxygen atoms in total. The Morgan fingerprint density at radius 1 is 0.647 bits per heavy atom. The summed E-state index contributed by atoms with van der Waals surface area (Å²) < 4.78 is 0. The van der Waals surface area contributed by atoms with Crippen LogP contribution in [0.3, 0.4) is 0 Å². The molecule has 0 aliphatic carbocycles. The van der Waals surface area contributed by atoms with Gasteiger partial charge < -0.3 is 40.9 Å². The maximum absolute atomic E-state index is 9.40. The summed E-state index contributed by atoms with van der Waals surface area (Å²) in [6.45, 7) is 0.311. The van der Waals surface area contributed by atoms with Crippen molar-refractivity contribution >= 4 is 0 Å². The first kappa shape index (κ1) is 16.7. The highest BCUT2D eigenvalue weighted by Gasteiger charge is 2.38. The van der Waals surface area contributed by atoms with Crippen LogP contribution >= 0.6 is 0 Å². The van der Waals surface area contributed by atoms with Crippen molar-refractivity contribution in [3.05, 3.63) is 0 Å². The molecule has 0 aliphatic rings. The van der Waals surface area contributed by atoms with Crippen molar-refractivity contribution in [1.29, 1.82) is 0 Å². The van der Waals surface area contributed by atoms with Gasteiger partial charge in [0.05, 0.1) is 12.7 Å². The van der Waals surface area contributed by atoms with Crippen molar-refractivity contribution in [2.24, 2.45) is 0 Å². The second kappa shape index (κ2) is 7.19. The van der Waals surface area contributed by atoms with Gasteiger partial charge in [-0.25, -0.2) is 0 Å². The molecular formula is C9H20O8. The first-order valence-electron chi connectivity index (χ1n) is 5.11. The number of aliphatic hydroxyl groups is 8. The summed E-state index contributed by atoms with van der Waals surface area (Å²) in [5.74, 6) is 0. The third-order valence-corrected chi connectivity index (χ3v) is 2.48. The van der Waals surface area contributed by atoms with Crippen LogP contribution in [0.5, 0.6) is 0 Å². The molecule has 0 radical (unpaired) electrons. The van der Waals surface area contributed by atoms with E-state index in [-0.39, 0.29) is 0 Å². The predicted molar refractivity (Wildman–Crippen MR) is 54.8 cm³/mol. The quantitative estimate of drug-likeness (QED) is 0.226. The van der Waals surface area contributed by atoms with E-state index < -0.39 is 49.3 Å². The van der Waals surface area contributed by atoms with E-state index in [1.165, 1.54) is 0 Å². The minimum atomic E-state index is -1.99. The van der Waals surface area contributed by atoms with E-state index in [2.05, 4.69) is 0 Å². The van der Waals surface area contributed by atoms with E-state index in [9.17, 15) is 25.5 Å². The van der Waals surface area contributed by atoms with Gasteiger partial charge in [-0.1, -0.05) is 0 Å². The van der Waals surface area contributed by atoms with E-state index in [1.54, 1.807) is 0 Å². The molecule has 7 atom stereocenters. The zero-order valence-corrected chi connectivity index (χ0v) is 9.33. The van der Waals surface area contributed by atoms with Crippen molar-refractivity contribution in [2.75, 3.05) is 6.61 Å². The van der Waals surface area contributed by atoms with E-state index in [0.29, 0.717) is 0 Å². The van der Waals surface area contributed by atoms with Gasteiger partial charge in [0.1, 0.15) is 36.6 Å². The summed E-state index contributed by atoms with van der Waals surface area (Å²) in [5, 5.41) is 73.1. The molecule has 0 amide bonds. The second-order valence-corrected chi connectivity index (χ2v) is 3.94. The molecule has 104 valence electrons. The van der Waals surface area contributed by atoms with E-state index in [4.69, 9.17) is 15.3 Å². The van der Waals surface area contributed by atoms with Crippen LogP contribution in [-0.2, 0) is 0 Å². The molecule has 17 heavy (non-hydrogen) atoms. The van der Waals surface area contributed by atoms with Crippen LogP contribution in [-0.4, -0.2) is 90.2 Å². The monoisotopic (exact) mass is 256 g/mol. The Bertz CT molecular complexity index is 211. The van der Waals surface area contributed by atoms with Crippen LogP contribution in [0.4, 0.5) is 0 Å². The molecule has 0 bridgehead atoms. The van der Waals surface area contributed by atoms with Crippen molar-refractivity contribution in [3.8, 4) is 0 Å². The number of rotatable bonds is 7. The van der Waals surface area contributed by atoms with Crippen molar-refractivity contribution in [1.82, 2.24) is 0 Å². The molecule has 0 aromatic carbocycles. The average Bonchev–Trinajstić information content (AvgIpc) is 2.32. The SMILES string of the molecule is C[C@@H](O)C(O)C(O)C(O)C(O)C(O)C(O)CO. The third kappa shape index (κ3) is 4.45. The van der Waals surface area contributed by atoms with Gasteiger partial charge in [-0.15, -0.1) is 0 Å². The lowest BCUT2D eigenvalue weighted by atomic mass is 9.95. The van der Waals surface area contributed by atoms with Crippen molar-refractivity contribution in [2.45, 2.75) is 49.7 Å². The summed E-state index contributed by atoms with van der Waals surface area (Å²) in [4.78, 5) is 0. The highest BCUT2D eigenvalue weighted by atomic mass is 16.4. The van der Waals surface area contributed by atoms with Crippen molar-refractivity contribution < 1.29 is 40.9 Å². The van der Waals surface area contributed by atoms with Crippen LogP contribution in [0.25, 0.3) is 0 Å². The predicted octanol–water partition coefficient (Wildman–Crippen LogP) is -4.48. The largest absolute Gasteiger partial charge is 0.394 e. The van der Waals surface area contributed by atoms with Gasteiger partial charge in [0.15, 0.2) is 0 Å². The Balaban J connectivity index is 4.53. The molecule has 0 rings (SSSR count). The van der Waals surface area contributed by atoms with Crippen molar-refractivity contribution in [3.63, 3.8) is 0 Å². The van der Waals surface area contributed by atoms with Gasteiger partial charge in [-0.3, -0.25) is 0 Å². The first-order valence-corrected chi connectivity index (χ1v) is 5.11. The Morgan fingerprint density at radius 3 is 1.35 bits per heavy atom. The van der Waals surface area contributed by atoms with Crippen LogP contribution < -0.4 is 0 Å². The van der Waals surface area contributed by atoms with Crippen LogP contribution in [0.15, 0.2) is 0 Å². The summed E-state index contributed by atoms with van der Waals surface area (Å²) in [6.07, 6.45) is -12.6. The zero-order valence-electron chi connectivity index (χ0n) is 9.33. The molecule has 0 fully saturated rings. The molecule has 0 aromatic rings. The molecule has 0 aromatic heterocycles. The molecule has 0 heterocycles. The molecular weight excluding hydrogens is 236 g/mol. The lowest BCUT2D eigenvalue weighted by molar-refractivity contribution is -0.168. The highest BCUT2D eigenvalue weighted by Crippen LogP contribution is 2.12. The number of hydrogen-bond acceptors (Lipinski definition) is 8. The van der Waals surface area contributed by atoms with Crippen LogP contribution in [0.2, 0.25) is 0 Å². The fraction of sp³-hybridized carbons (Fsp3) is 1.00. The Morgan fingerprint density at radius 2 is 1.00 bits per heavy atom. The summed E-state index contributed by atoms with van der Waals surface area (Å²) in [5.41, 5.74) is 0. The molecule has 8 heteroatoms. The molecule has 0 aliphatic heterocycles. The number of hydrogen-bond donors (Lipinski definition) is 8. The Kier molecular flexibility index (Phi) is 7.05. The molecule has 0 spiro atoms. The normalized spacial score (nSPS) is 24.5. The smallest absolute Gasteiger partial charge is 0.111 e. The molecule has 0 saturated heterocycles. The van der Waals surface area contributed by atoms with Crippen LogP contribution in [0.1, 0.15) is 6.92 Å². The summed E-state index contributed by atoms with van der Waals surface area (Å²) in [7, 11) is 0.